The largest absolute Gasteiger partial charge is 0.393 e. The maximum absolute atomic E-state index is 12.3. The van der Waals surface area contributed by atoms with Gasteiger partial charge in [-0.2, -0.15) is 10.2 Å². The number of aliphatic hydroxyl groups is 1. The lowest BCUT2D eigenvalue weighted by molar-refractivity contribution is 0.100. The molecule has 0 bridgehead atoms. The number of aliphatic hydroxyl groups excluding tert-OH is 1. The Kier molecular flexibility index (Phi) is 7.28. The normalized spacial score (nSPS) is 17.3. The molecule has 0 atom stereocenters. The number of hydrogen-bond donors (Lipinski definition) is 3. The van der Waals surface area contributed by atoms with Crippen molar-refractivity contribution >= 4 is 22.6 Å². The Hall–Kier alpha value is -4.50. The number of fused-ring (bicyclic) bond motifs is 1. The number of carbonyl (C=O) groups is 1. The summed E-state index contributed by atoms with van der Waals surface area (Å²) in [5.74, 6) is -0.340. The number of carbonyl (C=O) groups excluding carboxylic acids is 1. The van der Waals surface area contributed by atoms with E-state index in [1.807, 2.05) is 52.0 Å². The summed E-state index contributed by atoms with van der Waals surface area (Å²) in [6.45, 7) is 4.94. The van der Waals surface area contributed by atoms with Crippen LogP contribution in [-0.4, -0.2) is 47.7 Å². The summed E-state index contributed by atoms with van der Waals surface area (Å²) in [4.78, 5) is 17.1. The van der Waals surface area contributed by atoms with Crippen LogP contribution in [0.2, 0.25) is 0 Å². The van der Waals surface area contributed by atoms with Crippen LogP contribution < -0.4 is 11.1 Å². The molecule has 1 amide bonds. The highest BCUT2D eigenvalue weighted by molar-refractivity contribution is 5.99. The number of aromatic nitrogens is 5. The molecule has 9 nitrogen and oxygen atoms in total. The fourth-order valence-electron chi connectivity index (χ4n) is 5.69. The molecule has 0 radical (unpaired) electrons. The van der Waals surface area contributed by atoms with Crippen LogP contribution in [0.3, 0.4) is 0 Å². The maximum atomic E-state index is 12.3. The van der Waals surface area contributed by atoms with E-state index in [1.54, 1.807) is 12.3 Å². The van der Waals surface area contributed by atoms with Gasteiger partial charge in [-0.3, -0.25) is 9.48 Å². The molecule has 0 saturated heterocycles. The molecule has 6 rings (SSSR count). The number of benzene rings is 2. The third kappa shape index (κ3) is 5.45. The van der Waals surface area contributed by atoms with Gasteiger partial charge in [-0.25, -0.2) is 9.67 Å². The monoisotopic (exact) mass is 549 g/mol. The summed E-state index contributed by atoms with van der Waals surface area (Å²) in [5, 5.41) is 24.1. The average Bonchev–Trinajstić information content (AvgIpc) is 3.60. The van der Waals surface area contributed by atoms with Crippen molar-refractivity contribution in [2.24, 2.45) is 5.73 Å². The Labute approximate surface area is 239 Å². The first-order chi connectivity index (χ1) is 19.9. The highest BCUT2D eigenvalue weighted by Crippen LogP contribution is 2.35. The Morgan fingerprint density at radius 2 is 1.88 bits per heavy atom. The molecule has 3 aromatic heterocycles. The van der Waals surface area contributed by atoms with Crippen LogP contribution in [0.4, 0.5) is 5.69 Å². The topological polar surface area (TPSA) is 124 Å². The Morgan fingerprint density at radius 3 is 2.61 bits per heavy atom. The summed E-state index contributed by atoms with van der Waals surface area (Å²) in [5.41, 5.74) is 12.5. The molecule has 210 valence electrons. The van der Waals surface area contributed by atoms with Crippen LogP contribution in [-0.2, 0) is 6.54 Å². The van der Waals surface area contributed by atoms with Gasteiger partial charge < -0.3 is 16.2 Å². The van der Waals surface area contributed by atoms with Crippen LogP contribution in [0.25, 0.3) is 27.8 Å². The number of nitrogens with one attached hydrogen (secondary N) is 1. The van der Waals surface area contributed by atoms with E-state index in [9.17, 15) is 9.90 Å². The number of amides is 1. The van der Waals surface area contributed by atoms with E-state index in [0.29, 0.717) is 17.8 Å². The third-order valence-electron chi connectivity index (χ3n) is 7.84. The van der Waals surface area contributed by atoms with Crippen molar-refractivity contribution < 1.29 is 9.90 Å². The minimum absolute atomic E-state index is 0.150. The van der Waals surface area contributed by atoms with Crippen molar-refractivity contribution in [3.05, 3.63) is 90.0 Å². The van der Waals surface area contributed by atoms with Gasteiger partial charge in [0.2, 0.25) is 0 Å². The predicted molar refractivity (Wildman–Crippen MR) is 160 cm³/mol. The molecule has 0 aliphatic heterocycles. The molecule has 3 heterocycles. The second-order valence-electron chi connectivity index (χ2n) is 11.2. The van der Waals surface area contributed by atoms with E-state index >= 15 is 0 Å². The molecule has 1 saturated carbocycles. The number of pyridine rings is 1. The minimum Gasteiger partial charge on any atom is -0.393 e. The summed E-state index contributed by atoms with van der Waals surface area (Å²) in [6.07, 6.45) is 8.63. The van der Waals surface area contributed by atoms with Crippen molar-refractivity contribution in [1.82, 2.24) is 24.5 Å². The van der Waals surface area contributed by atoms with Crippen LogP contribution in [0.1, 0.15) is 67.1 Å². The minimum atomic E-state index is -0.490. The quantitative estimate of drug-likeness (QED) is 0.242. The van der Waals surface area contributed by atoms with E-state index in [4.69, 9.17) is 15.8 Å². The second-order valence-corrected chi connectivity index (χ2v) is 11.2. The molecule has 9 heteroatoms. The standard InChI is InChI=1S/C32H35N7O2/c1-20(2)30-29-26(22-17-35-38(19-22)18-21-6-4-3-5-7-21)14-15-34-32(29)39(37-30)24-10-13-27(31(33)41)28(16-24)36-23-8-11-25(40)12-9-23/h3-7,10,13-17,19-20,23,25,36,40H,8-9,11-12,18H2,1-2H3,(H2,33,41). The Morgan fingerprint density at radius 1 is 1.10 bits per heavy atom. The van der Waals surface area contributed by atoms with Crippen LogP contribution >= 0.6 is 0 Å². The smallest absolute Gasteiger partial charge is 0.250 e. The number of rotatable bonds is 8. The highest BCUT2D eigenvalue weighted by atomic mass is 16.3. The zero-order valence-corrected chi connectivity index (χ0v) is 23.4. The maximum Gasteiger partial charge on any atom is 0.250 e. The van der Waals surface area contributed by atoms with Crippen LogP contribution in [0.5, 0.6) is 0 Å². The fraction of sp³-hybridized carbons (Fsp3) is 0.312. The number of nitrogens with zero attached hydrogens (tertiary/aromatic N) is 5. The predicted octanol–water partition coefficient (Wildman–Crippen LogP) is 5.27. The van der Waals surface area contributed by atoms with Gasteiger partial charge in [0.15, 0.2) is 5.65 Å². The first-order valence-corrected chi connectivity index (χ1v) is 14.2. The number of nitrogens with two attached hydrogens (primary N) is 1. The van der Waals surface area contributed by atoms with Gasteiger partial charge in [0.1, 0.15) is 0 Å². The number of hydrogen-bond acceptors (Lipinski definition) is 6. The molecular weight excluding hydrogens is 514 g/mol. The van der Waals surface area contributed by atoms with Gasteiger partial charge in [0, 0.05) is 29.7 Å². The third-order valence-corrected chi connectivity index (χ3v) is 7.84. The van der Waals surface area contributed by atoms with Crippen molar-refractivity contribution in [1.29, 1.82) is 0 Å². The number of primary amides is 1. The highest BCUT2D eigenvalue weighted by Gasteiger charge is 2.23. The fourth-order valence-corrected chi connectivity index (χ4v) is 5.69. The van der Waals surface area contributed by atoms with Gasteiger partial charge in [-0.15, -0.1) is 0 Å². The van der Waals surface area contributed by atoms with Gasteiger partial charge in [-0.1, -0.05) is 44.2 Å². The molecular formula is C32H35N7O2. The van der Waals surface area contributed by atoms with Crippen molar-refractivity contribution in [3.63, 3.8) is 0 Å². The Bertz CT molecular complexity index is 1680. The summed E-state index contributed by atoms with van der Waals surface area (Å²) >= 11 is 0. The van der Waals surface area contributed by atoms with Gasteiger partial charge in [0.05, 0.1) is 41.2 Å². The lowest BCUT2D eigenvalue weighted by Gasteiger charge is -2.27. The molecule has 4 N–H and O–H groups in total. The van der Waals surface area contributed by atoms with E-state index in [1.165, 1.54) is 5.56 Å². The van der Waals surface area contributed by atoms with E-state index in [0.717, 1.165) is 59.2 Å². The summed E-state index contributed by atoms with van der Waals surface area (Å²) < 4.78 is 3.80. The lowest BCUT2D eigenvalue weighted by atomic mass is 9.92. The van der Waals surface area contributed by atoms with Gasteiger partial charge >= 0.3 is 0 Å². The zero-order valence-electron chi connectivity index (χ0n) is 23.4. The lowest BCUT2D eigenvalue weighted by Crippen LogP contribution is -2.29. The average molecular weight is 550 g/mol. The first kappa shape index (κ1) is 26.7. The van der Waals surface area contributed by atoms with E-state index in [-0.39, 0.29) is 18.1 Å². The van der Waals surface area contributed by atoms with E-state index < -0.39 is 5.91 Å². The summed E-state index contributed by atoms with van der Waals surface area (Å²) in [6, 6.07) is 18.0. The molecule has 1 fully saturated rings. The second kappa shape index (κ2) is 11.2. The van der Waals surface area contributed by atoms with Crippen molar-refractivity contribution in [2.45, 2.75) is 64.1 Å². The number of anilines is 1. The zero-order chi connectivity index (χ0) is 28.5. The molecule has 2 aromatic carbocycles. The van der Waals surface area contributed by atoms with Crippen LogP contribution in [0, 0.1) is 0 Å². The van der Waals surface area contributed by atoms with Gasteiger partial charge in [0.25, 0.3) is 5.91 Å². The molecule has 5 aromatic rings. The van der Waals surface area contributed by atoms with Crippen molar-refractivity contribution in [2.75, 3.05) is 5.32 Å². The van der Waals surface area contributed by atoms with E-state index in [2.05, 4.69) is 42.6 Å². The molecule has 41 heavy (non-hydrogen) atoms. The molecule has 0 spiro atoms. The summed E-state index contributed by atoms with van der Waals surface area (Å²) in [7, 11) is 0. The van der Waals surface area contributed by atoms with Crippen molar-refractivity contribution in [3.8, 4) is 16.8 Å². The SMILES string of the molecule is CC(C)c1nn(-c2ccc(C(N)=O)c(NC3CCC(O)CC3)c2)c2nccc(-c3cnn(Cc4ccccc4)c3)c12. The Balaban J connectivity index is 1.40. The van der Waals surface area contributed by atoms with Gasteiger partial charge in [-0.05, 0) is 67.0 Å². The first-order valence-electron chi connectivity index (χ1n) is 14.2. The molecule has 1 aliphatic carbocycles. The molecule has 1 aliphatic rings. The van der Waals surface area contributed by atoms with Crippen LogP contribution in [0.15, 0.2) is 73.2 Å². The molecule has 0 unspecified atom stereocenters.